The Kier molecular flexibility index (Phi) is 2.22. The van der Waals surface area contributed by atoms with Gasteiger partial charge < -0.3 is 0 Å². The molecule has 1 aromatic carbocycles. The van der Waals surface area contributed by atoms with Crippen molar-refractivity contribution in [2.45, 2.75) is 25.7 Å². The van der Waals surface area contributed by atoms with E-state index < -0.39 is 0 Å². The van der Waals surface area contributed by atoms with Gasteiger partial charge in [-0.25, -0.2) is 0 Å². The van der Waals surface area contributed by atoms with Crippen molar-refractivity contribution >= 4 is 6.08 Å². The molecule has 0 heterocycles. The third-order valence-corrected chi connectivity index (χ3v) is 3.19. The van der Waals surface area contributed by atoms with E-state index in [4.69, 9.17) is 0 Å². The Labute approximate surface area is 80.3 Å². The molecular weight excluding hydrogens is 156 g/mol. The van der Waals surface area contributed by atoms with Crippen LogP contribution in [0.5, 0.6) is 0 Å². The molecule has 1 aliphatic carbocycles. The average Bonchev–Trinajstić information content (AvgIpc) is 2.16. The van der Waals surface area contributed by atoms with Gasteiger partial charge in [0, 0.05) is 0 Å². The maximum absolute atomic E-state index is 3.79. The van der Waals surface area contributed by atoms with Gasteiger partial charge in [0.05, 0.1) is 0 Å². The van der Waals surface area contributed by atoms with Crippen molar-refractivity contribution in [3.8, 4) is 0 Å². The lowest BCUT2D eigenvalue weighted by Gasteiger charge is -2.34. The van der Waals surface area contributed by atoms with Crippen LogP contribution in [0.25, 0.3) is 6.08 Å². The molecule has 1 aromatic rings. The molecule has 0 saturated heterocycles. The number of hydrogen-bond acceptors (Lipinski definition) is 0. The summed E-state index contributed by atoms with van der Waals surface area (Å²) in [6.07, 6.45) is 4.68. The van der Waals surface area contributed by atoms with Crippen LogP contribution >= 0.6 is 0 Å². The maximum Gasteiger partial charge on any atom is -0.0136 e. The fraction of sp³-hybridized carbons (Fsp3) is 0.385. The highest BCUT2D eigenvalue weighted by Crippen LogP contribution is 2.42. The SMILES string of the molecule is C=Cc1cccc([C@@H]2CC[C@@H]2C)c1. The Balaban J connectivity index is 2.24. The Morgan fingerprint density at radius 2 is 2.23 bits per heavy atom. The predicted molar refractivity (Wildman–Crippen MR) is 57.7 cm³/mol. The van der Waals surface area contributed by atoms with Crippen molar-refractivity contribution in [2.24, 2.45) is 5.92 Å². The molecule has 2 atom stereocenters. The number of benzene rings is 1. The first-order valence-electron chi connectivity index (χ1n) is 5.03. The maximum atomic E-state index is 3.79. The molecule has 0 radical (unpaired) electrons. The lowest BCUT2D eigenvalue weighted by molar-refractivity contribution is 0.280. The normalized spacial score (nSPS) is 26.5. The fourth-order valence-corrected chi connectivity index (χ4v) is 2.08. The van der Waals surface area contributed by atoms with E-state index in [2.05, 4.69) is 37.8 Å². The van der Waals surface area contributed by atoms with E-state index in [0.717, 1.165) is 11.8 Å². The smallest absolute Gasteiger partial charge is 0.0136 e. The zero-order valence-electron chi connectivity index (χ0n) is 8.16. The van der Waals surface area contributed by atoms with Crippen LogP contribution in [0.15, 0.2) is 30.8 Å². The Hall–Kier alpha value is -1.04. The van der Waals surface area contributed by atoms with Crippen molar-refractivity contribution in [2.75, 3.05) is 0 Å². The molecule has 1 saturated carbocycles. The largest absolute Gasteiger partial charge is 0.0985 e. The van der Waals surface area contributed by atoms with E-state index in [0.29, 0.717) is 0 Å². The molecular formula is C13H16. The molecule has 0 bridgehead atoms. The van der Waals surface area contributed by atoms with Gasteiger partial charge in [-0.3, -0.25) is 0 Å². The molecule has 0 heteroatoms. The molecule has 2 rings (SSSR count). The lowest BCUT2D eigenvalue weighted by atomic mass is 9.71. The van der Waals surface area contributed by atoms with Crippen LogP contribution < -0.4 is 0 Å². The van der Waals surface area contributed by atoms with Crippen LogP contribution in [0.4, 0.5) is 0 Å². The van der Waals surface area contributed by atoms with Crippen molar-refractivity contribution in [1.82, 2.24) is 0 Å². The van der Waals surface area contributed by atoms with Gasteiger partial charge in [0.1, 0.15) is 0 Å². The second kappa shape index (κ2) is 3.37. The van der Waals surface area contributed by atoms with Gasteiger partial charge in [0.25, 0.3) is 0 Å². The van der Waals surface area contributed by atoms with Gasteiger partial charge in [0.15, 0.2) is 0 Å². The molecule has 0 amide bonds. The third kappa shape index (κ3) is 1.53. The zero-order chi connectivity index (χ0) is 9.26. The summed E-state index contributed by atoms with van der Waals surface area (Å²) in [5, 5.41) is 0. The first-order chi connectivity index (χ1) is 6.31. The zero-order valence-corrected chi connectivity index (χ0v) is 8.16. The van der Waals surface area contributed by atoms with Gasteiger partial charge in [-0.15, -0.1) is 0 Å². The third-order valence-electron chi connectivity index (χ3n) is 3.19. The topological polar surface area (TPSA) is 0 Å². The molecule has 0 aromatic heterocycles. The van der Waals surface area contributed by atoms with Gasteiger partial charge in [-0.1, -0.05) is 43.8 Å². The quantitative estimate of drug-likeness (QED) is 0.635. The molecule has 0 unspecified atom stereocenters. The molecule has 13 heavy (non-hydrogen) atoms. The van der Waals surface area contributed by atoms with E-state index in [1.165, 1.54) is 24.0 Å². The monoisotopic (exact) mass is 172 g/mol. The van der Waals surface area contributed by atoms with Crippen LogP contribution in [0.2, 0.25) is 0 Å². The molecule has 68 valence electrons. The second-order valence-corrected chi connectivity index (χ2v) is 4.04. The summed E-state index contributed by atoms with van der Waals surface area (Å²) < 4.78 is 0. The second-order valence-electron chi connectivity index (χ2n) is 4.04. The molecule has 0 aliphatic heterocycles. The first-order valence-corrected chi connectivity index (χ1v) is 5.03. The van der Waals surface area contributed by atoms with E-state index in [1.807, 2.05) is 6.08 Å². The van der Waals surface area contributed by atoms with Gasteiger partial charge >= 0.3 is 0 Å². The highest BCUT2D eigenvalue weighted by molar-refractivity contribution is 5.48. The van der Waals surface area contributed by atoms with Gasteiger partial charge in [-0.2, -0.15) is 0 Å². The molecule has 0 nitrogen and oxygen atoms in total. The summed E-state index contributed by atoms with van der Waals surface area (Å²) >= 11 is 0. The van der Waals surface area contributed by atoms with E-state index in [9.17, 15) is 0 Å². The number of rotatable bonds is 2. The van der Waals surface area contributed by atoms with Crippen molar-refractivity contribution in [1.29, 1.82) is 0 Å². The van der Waals surface area contributed by atoms with Crippen molar-refractivity contribution in [3.63, 3.8) is 0 Å². The van der Waals surface area contributed by atoms with E-state index in [1.54, 1.807) is 0 Å². The van der Waals surface area contributed by atoms with Crippen LogP contribution in [-0.4, -0.2) is 0 Å². The van der Waals surface area contributed by atoms with Crippen molar-refractivity contribution in [3.05, 3.63) is 42.0 Å². The van der Waals surface area contributed by atoms with E-state index >= 15 is 0 Å². The minimum atomic E-state index is 0.805. The molecule has 0 N–H and O–H groups in total. The standard InChI is InChI=1S/C13H16/c1-3-11-5-4-6-12(9-11)13-8-7-10(13)2/h3-6,9-10,13H,1,7-8H2,2H3/t10-,13+/m0/s1. The minimum Gasteiger partial charge on any atom is -0.0985 e. The summed E-state index contributed by atoms with van der Waals surface area (Å²) in [5.74, 6) is 1.68. The average molecular weight is 172 g/mol. The minimum absolute atomic E-state index is 0.805. The summed E-state index contributed by atoms with van der Waals surface area (Å²) in [6.45, 7) is 6.14. The Morgan fingerprint density at radius 1 is 1.38 bits per heavy atom. The Bertz CT molecular complexity index is 312. The van der Waals surface area contributed by atoms with Crippen LogP contribution in [0.3, 0.4) is 0 Å². The van der Waals surface area contributed by atoms with E-state index in [-0.39, 0.29) is 0 Å². The van der Waals surface area contributed by atoms with Crippen molar-refractivity contribution < 1.29 is 0 Å². The lowest BCUT2D eigenvalue weighted by Crippen LogP contribution is -2.20. The molecule has 0 spiro atoms. The highest BCUT2D eigenvalue weighted by Gasteiger charge is 2.27. The van der Waals surface area contributed by atoms with Gasteiger partial charge in [0.2, 0.25) is 0 Å². The summed E-state index contributed by atoms with van der Waals surface area (Å²) in [5.41, 5.74) is 2.74. The molecule has 1 fully saturated rings. The van der Waals surface area contributed by atoms with Crippen LogP contribution in [-0.2, 0) is 0 Å². The number of hydrogen-bond donors (Lipinski definition) is 0. The van der Waals surface area contributed by atoms with Gasteiger partial charge in [-0.05, 0) is 35.8 Å². The predicted octanol–water partition coefficient (Wildman–Crippen LogP) is 3.84. The summed E-state index contributed by atoms with van der Waals surface area (Å²) in [4.78, 5) is 0. The highest BCUT2D eigenvalue weighted by atomic mass is 14.3. The first kappa shape index (κ1) is 8.55. The van der Waals surface area contributed by atoms with Crippen LogP contribution in [0.1, 0.15) is 36.8 Å². The van der Waals surface area contributed by atoms with Crippen LogP contribution in [0, 0.1) is 5.92 Å². The fourth-order valence-electron chi connectivity index (χ4n) is 2.08. The Morgan fingerprint density at radius 3 is 2.77 bits per heavy atom. The summed E-state index contributed by atoms with van der Waals surface area (Å²) in [6, 6.07) is 8.76. The molecule has 1 aliphatic rings. The summed E-state index contributed by atoms with van der Waals surface area (Å²) in [7, 11) is 0.